The van der Waals surface area contributed by atoms with Crippen LogP contribution in [0.4, 0.5) is 8.78 Å². The first-order valence-electron chi connectivity index (χ1n) is 5.85. The molecule has 1 aromatic carbocycles. The summed E-state index contributed by atoms with van der Waals surface area (Å²) in [7, 11) is 1.65. The monoisotopic (exact) mass is 256 g/mol. The topological polar surface area (TPSA) is 46.3 Å². The van der Waals surface area contributed by atoms with Gasteiger partial charge in [-0.2, -0.15) is 0 Å². The number of nitrogens with zero attached hydrogens (tertiary/aromatic N) is 1. The summed E-state index contributed by atoms with van der Waals surface area (Å²) in [5, 5.41) is 0. The number of hydrogen-bond donors (Lipinski definition) is 1. The minimum atomic E-state index is -0.498. The Labute approximate surface area is 106 Å². The van der Waals surface area contributed by atoms with Crippen LogP contribution in [0.15, 0.2) is 18.2 Å². The number of halogens is 2. The number of amides is 1. The summed E-state index contributed by atoms with van der Waals surface area (Å²) in [5.74, 6) is -1.11. The summed E-state index contributed by atoms with van der Waals surface area (Å²) in [6.45, 7) is 2.21. The smallest absolute Gasteiger partial charge is 0.222 e. The normalized spacial score (nSPS) is 12.3. The fraction of sp³-hybridized carbons (Fsp3) is 0.462. The molecule has 0 aliphatic carbocycles. The van der Waals surface area contributed by atoms with E-state index in [4.69, 9.17) is 5.73 Å². The van der Waals surface area contributed by atoms with Crippen molar-refractivity contribution in [3.8, 4) is 0 Å². The first-order valence-corrected chi connectivity index (χ1v) is 5.85. The van der Waals surface area contributed by atoms with Crippen LogP contribution in [0.2, 0.25) is 0 Å². The minimum absolute atomic E-state index is 0.0603. The number of carbonyl (C=O) groups excluding carboxylic acids is 1. The number of hydrogen-bond acceptors (Lipinski definition) is 2. The van der Waals surface area contributed by atoms with Crippen molar-refractivity contribution >= 4 is 5.91 Å². The lowest BCUT2D eigenvalue weighted by atomic mass is 10.1. The van der Waals surface area contributed by atoms with Crippen LogP contribution in [0.25, 0.3) is 0 Å². The summed E-state index contributed by atoms with van der Waals surface area (Å²) in [6.07, 6.45) is 0.325. The van der Waals surface area contributed by atoms with Crippen molar-refractivity contribution in [3.05, 3.63) is 35.4 Å². The maximum Gasteiger partial charge on any atom is 0.222 e. The maximum atomic E-state index is 13.3. The second-order valence-electron chi connectivity index (χ2n) is 4.33. The molecule has 0 saturated heterocycles. The molecule has 0 heterocycles. The van der Waals surface area contributed by atoms with Crippen molar-refractivity contribution in [2.24, 2.45) is 5.73 Å². The van der Waals surface area contributed by atoms with E-state index in [9.17, 15) is 13.6 Å². The molecule has 0 aromatic heterocycles. The second kappa shape index (κ2) is 6.44. The number of carbonyl (C=O) groups is 1. The Morgan fingerprint density at radius 2 is 2.11 bits per heavy atom. The maximum absolute atomic E-state index is 13.3. The van der Waals surface area contributed by atoms with Gasteiger partial charge >= 0.3 is 0 Å². The van der Waals surface area contributed by atoms with E-state index in [2.05, 4.69) is 0 Å². The summed E-state index contributed by atoms with van der Waals surface area (Å²) in [6, 6.07) is 3.19. The fourth-order valence-electron chi connectivity index (χ4n) is 1.56. The molecule has 0 aliphatic heterocycles. The van der Waals surface area contributed by atoms with Gasteiger partial charge in [-0.05, 0) is 37.1 Å². The highest BCUT2D eigenvalue weighted by Gasteiger charge is 2.15. The Morgan fingerprint density at radius 1 is 1.44 bits per heavy atom. The molecule has 0 saturated carbocycles. The van der Waals surface area contributed by atoms with E-state index in [0.29, 0.717) is 6.54 Å². The van der Waals surface area contributed by atoms with E-state index in [0.717, 1.165) is 18.2 Å². The first kappa shape index (κ1) is 14.6. The largest absolute Gasteiger partial charge is 0.342 e. The minimum Gasteiger partial charge on any atom is -0.342 e. The van der Waals surface area contributed by atoms with Gasteiger partial charge in [0.25, 0.3) is 0 Å². The Kier molecular flexibility index (Phi) is 5.22. The Hall–Kier alpha value is -1.49. The number of nitrogens with two attached hydrogens (primary N) is 1. The number of likely N-dealkylation sites (N-methyl/N-ethyl adjacent to an activating group) is 1. The lowest BCUT2D eigenvalue weighted by Gasteiger charge is -2.23. The molecule has 1 aromatic rings. The third-order valence-electron chi connectivity index (χ3n) is 3.01. The van der Waals surface area contributed by atoms with E-state index >= 15 is 0 Å². The molecule has 100 valence electrons. The van der Waals surface area contributed by atoms with Crippen molar-refractivity contribution < 1.29 is 13.6 Å². The summed E-state index contributed by atoms with van der Waals surface area (Å²) >= 11 is 0. The van der Waals surface area contributed by atoms with Gasteiger partial charge in [0.05, 0.1) is 0 Å². The molecule has 2 N–H and O–H groups in total. The molecule has 1 atom stereocenters. The van der Waals surface area contributed by atoms with Crippen molar-refractivity contribution in [3.63, 3.8) is 0 Å². The molecule has 1 unspecified atom stereocenters. The van der Waals surface area contributed by atoms with Gasteiger partial charge in [-0.15, -0.1) is 0 Å². The van der Waals surface area contributed by atoms with Crippen LogP contribution in [-0.4, -0.2) is 30.4 Å². The number of benzene rings is 1. The van der Waals surface area contributed by atoms with Gasteiger partial charge in [0.2, 0.25) is 5.91 Å². The van der Waals surface area contributed by atoms with E-state index in [1.54, 1.807) is 7.05 Å². The first-order chi connectivity index (χ1) is 8.45. The van der Waals surface area contributed by atoms with Crippen molar-refractivity contribution in [1.29, 1.82) is 0 Å². The van der Waals surface area contributed by atoms with E-state index in [1.165, 1.54) is 4.90 Å². The highest BCUT2D eigenvalue weighted by molar-refractivity contribution is 5.76. The van der Waals surface area contributed by atoms with Crippen LogP contribution >= 0.6 is 0 Å². The zero-order valence-corrected chi connectivity index (χ0v) is 10.6. The average molecular weight is 256 g/mol. The van der Waals surface area contributed by atoms with Crippen molar-refractivity contribution in [2.45, 2.75) is 25.8 Å². The standard InChI is InChI=1S/C13H18F2N2O/c1-9(8-16)17(2)13(18)6-3-10-7-11(14)4-5-12(10)15/h4-5,7,9H,3,6,8,16H2,1-2H3. The molecule has 3 nitrogen and oxygen atoms in total. The van der Waals surface area contributed by atoms with Gasteiger partial charge < -0.3 is 10.6 Å². The Morgan fingerprint density at radius 3 is 2.72 bits per heavy atom. The van der Waals surface area contributed by atoms with Gasteiger partial charge in [0, 0.05) is 26.1 Å². The van der Waals surface area contributed by atoms with Crippen molar-refractivity contribution in [1.82, 2.24) is 4.90 Å². The molecule has 0 spiro atoms. The highest BCUT2D eigenvalue weighted by atomic mass is 19.1. The predicted molar refractivity (Wildman–Crippen MR) is 66.0 cm³/mol. The lowest BCUT2D eigenvalue weighted by Crippen LogP contribution is -2.39. The SMILES string of the molecule is CC(CN)N(C)C(=O)CCc1cc(F)ccc1F. The molecule has 0 bridgehead atoms. The van der Waals surface area contributed by atoms with Gasteiger partial charge in [-0.3, -0.25) is 4.79 Å². The number of aryl methyl sites for hydroxylation is 1. The Bertz CT molecular complexity index is 423. The van der Waals surface area contributed by atoms with Gasteiger partial charge in [0.1, 0.15) is 11.6 Å². The quantitative estimate of drug-likeness (QED) is 0.871. The zero-order chi connectivity index (χ0) is 13.7. The second-order valence-corrected chi connectivity index (χ2v) is 4.33. The van der Waals surface area contributed by atoms with Crippen LogP contribution in [0.5, 0.6) is 0 Å². The van der Waals surface area contributed by atoms with E-state index in [-0.39, 0.29) is 30.4 Å². The fourth-order valence-corrected chi connectivity index (χ4v) is 1.56. The van der Waals surface area contributed by atoms with Crippen LogP contribution in [-0.2, 0) is 11.2 Å². The van der Waals surface area contributed by atoms with Crippen LogP contribution < -0.4 is 5.73 Å². The van der Waals surface area contributed by atoms with Crippen LogP contribution in [0.1, 0.15) is 18.9 Å². The molecule has 1 rings (SSSR count). The molecular weight excluding hydrogens is 238 g/mol. The molecule has 0 radical (unpaired) electrons. The third-order valence-corrected chi connectivity index (χ3v) is 3.01. The third kappa shape index (κ3) is 3.77. The van der Waals surface area contributed by atoms with Crippen molar-refractivity contribution in [2.75, 3.05) is 13.6 Å². The summed E-state index contributed by atoms with van der Waals surface area (Å²) < 4.78 is 26.3. The predicted octanol–water partition coefficient (Wildman–Crippen LogP) is 1.70. The molecule has 5 heteroatoms. The molecular formula is C13H18F2N2O. The van der Waals surface area contributed by atoms with E-state index < -0.39 is 11.6 Å². The molecule has 18 heavy (non-hydrogen) atoms. The summed E-state index contributed by atoms with van der Waals surface area (Å²) in [5.41, 5.74) is 5.68. The van der Waals surface area contributed by atoms with E-state index in [1.807, 2.05) is 6.92 Å². The van der Waals surface area contributed by atoms with Gasteiger partial charge in [0.15, 0.2) is 0 Å². The van der Waals surface area contributed by atoms with Crippen LogP contribution in [0.3, 0.4) is 0 Å². The molecule has 1 amide bonds. The number of rotatable bonds is 5. The van der Waals surface area contributed by atoms with Crippen LogP contribution in [0, 0.1) is 11.6 Å². The average Bonchev–Trinajstić information content (AvgIpc) is 2.37. The molecule has 0 fully saturated rings. The Balaban J connectivity index is 2.60. The van der Waals surface area contributed by atoms with Gasteiger partial charge in [-0.1, -0.05) is 0 Å². The lowest BCUT2D eigenvalue weighted by molar-refractivity contribution is -0.131. The van der Waals surface area contributed by atoms with Gasteiger partial charge in [-0.25, -0.2) is 8.78 Å². The zero-order valence-electron chi connectivity index (χ0n) is 10.6. The molecule has 0 aliphatic rings. The highest BCUT2D eigenvalue weighted by Crippen LogP contribution is 2.12. The summed E-state index contributed by atoms with van der Waals surface area (Å²) in [4.78, 5) is 13.3.